The van der Waals surface area contributed by atoms with E-state index in [4.69, 9.17) is 27.9 Å². The second kappa shape index (κ2) is 12.1. The van der Waals surface area contributed by atoms with Crippen molar-refractivity contribution in [2.24, 2.45) is 0 Å². The number of hydrogen-bond donors (Lipinski definition) is 1. The smallest absolute Gasteiger partial charge is 0.435 e. The first kappa shape index (κ1) is 29.8. The van der Waals surface area contributed by atoms with Crippen molar-refractivity contribution in [3.8, 4) is 11.6 Å². The van der Waals surface area contributed by atoms with Crippen LogP contribution in [0, 0.1) is 0 Å². The number of aromatic nitrogens is 4. The highest BCUT2D eigenvalue weighted by Gasteiger charge is 2.37. The molecule has 2 aromatic heterocycles. The number of amides is 1. The standard InChI is InChI=1S/C27H22Cl2F3N5O4/c1-14(2)22-20(37(36-35-22)23-17(28)5-4-6-18(23)29)13-41-21-12-11-19(24(34-21)27(30,31)32)33-25(38)15-7-9-16(10-8-15)26(39)40-3/h4-12,14H,13H2,1-3H3,(H,33,38). The van der Waals surface area contributed by atoms with Crippen molar-refractivity contribution < 1.29 is 32.2 Å². The Bertz CT molecular complexity index is 1570. The molecule has 9 nitrogen and oxygen atoms in total. The molecule has 0 aliphatic heterocycles. The fourth-order valence-corrected chi connectivity index (χ4v) is 4.38. The highest BCUT2D eigenvalue weighted by atomic mass is 35.5. The van der Waals surface area contributed by atoms with Crippen LogP contribution >= 0.6 is 23.2 Å². The molecule has 1 amide bonds. The van der Waals surface area contributed by atoms with Gasteiger partial charge in [0.15, 0.2) is 5.69 Å². The highest BCUT2D eigenvalue weighted by Crippen LogP contribution is 2.36. The maximum absolute atomic E-state index is 13.9. The molecule has 0 saturated heterocycles. The van der Waals surface area contributed by atoms with Gasteiger partial charge in [-0.3, -0.25) is 4.79 Å². The Balaban J connectivity index is 1.60. The molecule has 0 aliphatic carbocycles. The van der Waals surface area contributed by atoms with Crippen molar-refractivity contribution in [1.82, 2.24) is 20.0 Å². The quantitative estimate of drug-likeness (QED) is 0.221. The van der Waals surface area contributed by atoms with Crippen LogP contribution < -0.4 is 10.1 Å². The Hall–Kier alpha value is -4.16. The highest BCUT2D eigenvalue weighted by molar-refractivity contribution is 6.37. The summed E-state index contributed by atoms with van der Waals surface area (Å²) in [6.07, 6.45) is -4.92. The zero-order valence-corrected chi connectivity index (χ0v) is 23.3. The second-order valence-electron chi connectivity index (χ2n) is 8.91. The number of esters is 1. The molecule has 4 rings (SSSR count). The molecule has 4 aromatic rings. The predicted molar refractivity (Wildman–Crippen MR) is 145 cm³/mol. The molecule has 0 saturated carbocycles. The lowest BCUT2D eigenvalue weighted by molar-refractivity contribution is -0.140. The van der Waals surface area contributed by atoms with E-state index < -0.39 is 29.4 Å². The molecule has 214 valence electrons. The summed E-state index contributed by atoms with van der Waals surface area (Å²) < 4.78 is 53.5. The lowest BCUT2D eigenvalue weighted by atomic mass is 10.1. The van der Waals surface area contributed by atoms with Gasteiger partial charge in [-0.1, -0.05) is 48.3 Å². The third-order valence-corrected chi connectivity index (χ3v) is 6.41. The molecule has 0 spiro atoms. The SMILES string of the molecule is COC(=O)c1ccc(C(=O)Nc2ccc(OCc3c(C(C)C)nnn3-c3c(Cl)cccc3Cl)nc2C(F)(F)F)cc1. The van der Waals surface area contributed by atoms with E-state index in [0.29, 0.717) is 17.1 Å². The summed E-state index contributed by atoms with van der Waals surface area (Å²) in [6.45, 7) is 3.48. The Labute approximate surface area is 242 Å². The molecule has 2 aromatic carbocycles. The maximum Gasteiger partial charge on any atom is 0.435 e. The second-order valence-corrected chi connectivity index (χ2v) is 9.73. The van der Waals surface area contributed by atoms with Crippen molar-refractivity contribution >= 4 is 40.8 Å². The summed E-state index contributed by atoms with van der Waals surface area (Å²) in [7, 11) is 1.20. The Morgan fingerprint density at radius 1 is 1.00 bits per heavy atom. The number of ether oxygens (including phenoxy) is 2. The Kier molecular flexibility index (Phi) is 8.83. The first-order valence-electron chi connectivity index (χ1n) is 12.0. The molecule has 2 heterocycles. The summed E-state index contributed by atoms with van der Waals surface area (Å²) in [4.78, 5) is 27.9. The largest absolute Gasteiger partial charge is 0.471 e. The molecule has 14 heteroatoms. The number of carbonyl (C=O) groups is 2. The summed E-state index contributed by atoms with van der Waals surface area (Å²) in [5.74, 6) is -1.92. The van der Waals surface area contributed by atoms with E-state index in [1.54, 1.807) is 18.2 Å². The van der Waals surface area contributed by atoms with Gasteiger partial charge in [-0.25, -0.2) is 14.5 Å². The van der Waals surface area contributed by atoms with Crippen LogP contribution in [0.4, 0.5) is 18.9 Å². The third-order valence-electron chi connectivity index (χ3n) is 5.80. The van der Waals surface area contributed by atoms with Crippen molar-refractivity contribution in [3.05, 3.63) is 92.9 Å². The molecular formula is C27H22Cl2F3N5O4. The van der Waals surface area contributed by atoms with Crippen LogP contribution in [0.2, 0.25) is 10.0 Å². The van der Waals surface area contributed by atoms with Gasteiger partial charge in [0.1, 0.15) is 18.0 Å². The zero-order chi connectivity index (χ0) is 29.9. The first-order valence-corrected chi connectivity index (χ1v) is 12.8. The van der Waals surface area contributed by atoms with Gasteiger partial charge >= 0.3 is 12.1 Å². The molecule has 0 unspecified atom stereocenters. The fraction of sp³-hybridized carbons (Fsp3) is 0.222. The van der Waals surface area contributed by atoms with Gasteiger partial charge in [0, 0.05) is 11.6 Å². The molecule has 41 heavy (non-hydrogen) atoms. The number of pyridine rings is 1. The lowest BCUT2D eigenvalue weighted by Gasteiger charge is -2.16. The molecule has 0 bridgehead atoms. The number of para-hydroxylation sites is 1. The lowest BCUT2D eigenvalue weighted by Crippen LogP contribution is -2.18. The van der Waals surface area contributed by atoms with Crippen LogP contribution in [0.3, 0.4) is 0 Å². The van der Waals surface area contributed by atoms with Gasteiger partial charge in [0.2, 0.25) is 5.88 Å². The number of hydrogen-bond acceptors (Lipinski definition) is 7. The number of carbonyl (C=O) groups excluding carboxylic acids is 2. The van der Waals surface area contributed by atoms with E-state index in [0.717, 1.165) is 6.07 Å². The summed E-state index contributed by atoms with van der Waals surface area (Å²) in [6, 6.07) is 12.3. The Morgan fingerprint density at radius 3 is 2.22 bits per heavy atom. The number of halogens is 5. The zero-order valence-electron chi connectivity index (χ0n) is 21.8. The van der Waals surface area contributed by atoms with Crippen LogP contribution in [-0.4, -0.2) is 39.0 Å². The predicted octanol–water partition coefficient (Wildman–Crippen LogP) is 6.73. The van der Waals surface area contributed by atoms with Crippen LogP contribution in [0.15, 0.2) is 54.6 Å². The number of benzene rings is 2. The van der Waals surface area contributed by atoms with Crippen LogP contribution in [0.25, 0.3) is 5.69 Å². The van der Waals surface area contributed by atoms with E-state index >= 15 is 0 Å². The van der Waals surface area contributed by atoms with E-state index in [-0.39, 0.29) is 39.6 Å². The molecule has 0 atom stereocenters. The van der Waals surface area contributed by atoms with Gasteiger partial charge in [-0.2, -0.15) is 13.2 Å². The van der Waals surface area contributed by atoms with Gasteiger partial charge in [-0.05, 0) is 48.4 Å². The van der Waals surface area contributed by atoms with Crippen LogP contribution in [0.1, 0.15) is 57.6 Å². The number of nitrogens with one attached hydrogen (secondary N) is 1. The molecule has 0 fully saturated rings. The minimum absolute atomic E-state index is 0.0197. The van der Waals surface area contributed by atoms with E-state index in [9.17, 15) is 22.8 Å². The Morgan fingerprint density at radius 2 is 1.63 bits per heavy atom. The van der Waals surface area contributed by atoms with Crippen molar-refractivity contribution in [2.45, 2.75) is 32.5 Å². The number of anilines is 1. The molecule has 1 N–H and O–H groups in total. The average Bonchev–Trinajstić information content (AvgIpc) is 3.35. The number of alkyl halides is 3. The van der Waals surface area contributed by atoms with Crippen LogP contribution in [0.5, 0.6) is 5.88 Å². The number of nitrogens with zero attached hydrogens (tertiary/aromatic N) is 4. The summed E-state index contributed by atoms with van der Waals surface area (Å²) in [5, 5.41) is 11.1. The fourth-order valence-electron chi connectivity index (χ4n) is 3.82. The van der Waals surface area contributed by atoms with E-state index in [1.807, 2.05) is 13.8 Å². The minimum Gasteiger partial charge on any atom is -0.471 e. The van der Waals surface area contributed by atoms with Crippen LogP contribution in [-0.2, 0) is 17.5 Å². The summed E-state index contributed by atoms with van der Waals surface area (Å²) in [5.41, 5.74) is -0.458. The third kappa shape index (κ3) is 6.60. The van der Waals surface area contributed by atoms with Gasteiger partial charge in [0.05, 0.1) is 34.1 Å². The van der Waals surface area contributed by atoms with Crippen molar-refractivity contribution in [2.75, 3.05) is 12.4 Å². The normalized spacial score (nSPS) is 11.4. The van der Waals surface area contributed by atoms with Crippen molar-refractivity contribution in [3.63, 3.8) is 0 Å². The van der Waals surface area contributed by atoms with Gasteiger partial charge < -0.3 is 14.8 Å². The molecule has 0 aliphatic rings. The first-order chi connectivity index (χ1) is 19.4. The average molecular weight is 608 g/mol. The monoisotopic (exact) mass is 607 g/mol. The van der Waals surface area contributed by atoms with Crippen molar-refractivity contribution in [1.29, 1.82) is 0 Å². The van der Waals surface area contributed by atoms with E-state index in [2.05, 4.69) is 25.3 Å². The maximum atomic E-state index is 13.9. The number of methoxy groups -OCH3 is 1. The number of rotatable bonds is 8. The summed E-state index contributed by atoms with van der Waals surface area (Å²) >= 11 is 12.7. The van der Waals surface area contributed by atoms with E-state index in [1.165, 1.54) is 42.1 Å². The van der Waals surface area contributed by atoms with Gasteiger partial charge in [-0.15, -0.1) is 5.10 Å². The topological polar surface area (TPSA) is 108 Å². The minimum atomic E-state index is -4.92. The molecule has 0 radical (unpaired) electrons. The van der Waals surface area contributed by atoms with Gasteiger partial charge in [0.25, 0.3) is 5.91 Å². The molecular weight excluding hydrogens is 586 g/mol.